The van der Waals surface area contributed by atoms with Crippen LogP contribution in [0.5, 0.6) is 5.75 Å². The first-order valence-corrected chi connectivity index (χ1v) is 8.94. The lowest BCUT2D eigenvalue weighted by atomic mass is 10.2. The second-order valence-electron chi connectivity index (χ2n) is 4.15. The van der Waals surface area contributed by atoms with Crippen LogP contribution in [0.15, 0.2) is 21.1 Å². The molecule has 0 aromatic heterocycles. The van der Waals surface area contributed by atoms with Crippen molar-refractivity contribution in [1.82, 2.24) is 5.32 Å². The molecule has 0 saturated carbocycles. The highest BCUT2D eigenvalue weighted by Gasteiger charge is 2.16. The van der Waals surface area contributed by atoms with E-state index in [1.54, 1.807) is 18.9 Å². The van der Waals surface area contributed by atoms with Crippen LogP contribution in [0.2, 0.25) is 0 Å². The average molecular weight is 427 g/mol. The number of carboxylic acid groups (broad SMARTS) is 1. The molecule has 0 heterocycles. The third-order valence-electron chi connectivity index (χ3n) is 2.72. The summed E-state index contributed by atoms with van der Waals surface area (Å²) in [6.45, 7) is 0.493. The molecule has 0 fully saturated rings. The largest absolute Gasteiger partial charge is 0.494 e. The van der Waals surface area contributed by atoms with Crippen LogP contribution in [0.4, 0.5) is 0 Å². The molecule has 1 aromatic rings. The first-order valence-electron chi connectivity index (χ1n) is 5.96. The van der Waals surface area contributed by atoms with Gasteiger partial charge in [-0.25, -0.2) is 0 Å². The maximum Gasteiger partial charge on any atom is 0.320 e. The van der Waals surface area contributed by atoms with E-state index in [9.17, 15) is 4.79 Å². The van der Waals surface area contributed by atoms with Crippen molar-refractivity contribution in [2.45, 2.75) is 19.0 Å². The Morgan fingerprint density at radius 2 is 2.05 bits per heavy atom. The van der Waals surface area contributed by atoms with Gasteiger partial charge in [0.15, 0.2) is 0 Å². The fourth-order valence-electron chi connectivity index (χ4n) is 1.70. The van der Waals surface area contributed by atoms with E-state index in [0.29, 0.717) is 13.0 Å². The molecule has 0 aliphatic carbocycles. The Labute approximate surface area is 139 Å². The van der Waals surface area contributed by atoms with E-state index in [1.165, 1.54) is 0 Å². The van der Waals surface area contributed by atoms with Gasteiger partial charge in [0.05, 0.1) is 16.1 Å². The maximum atomic E-state index is 11.2. The Morgan fingerprint density at radius 3 is 2.50 bits per heavy atom. The molecule has 0 aliphatic rings. The van der Waals surface area contributed by atoms with Gasteiger partial charge in [0, 0.05) is 6.54 Å². The molecule has 112 valence electrons. The van der Waals surface area contributed by atoms with Crippen LogP contribution in [-0.4, -0.2) is 36.2 Å². The Balaban J connectivity index is 2.70. The van der Waals surface area contributed by atoms with Crippen molar-refractivity contribution in [3.8, 4) is 5.75 Å². The molecule has 0 spiro atoms. The summed E-state index contributed by atoms with van der Waals surface area (Å²) in [5.74, 6) is 0.733. The number of rotatable bonds is 8. The van der Waals surface area contributed by atoms with Crippen LogP contribution in [0.1, 0.15) is 12.0 Å². The molecule has 0 saturated heterocycles. The van der Waals surface area contributed by atoms with E-state index >= 15 is 0 Å². The number of benzene rings is 1. The number of thioether (sulfide) groups is 1. The van der Waals surface area contributed by atoms with Gasteiger partial charge in [-0.05, 0) is 68.0 Å². The second kappa shape index (κ2) is 8.92. The van der Waals surface area contributed by atoms with Crippen LogP contribution in [0.3, 0.4) is 0 Å². The number of nitrogens with one attached hydrogen (secondary N) is 1. The molecule has 1 aromatic carbocycles. The summed E-state index contributed by atoms with van der Waals surface area (Å²) in [5, 5.41) is 12.2. The van der Waals surface area contributed by atoms with Gasteiger partial charge in [0.2, 0.25) is 0 Å². The third kappa shape index (κ3) is 5.27. The van der Waals surface area contributed by atoms with Gasteiger partial charge in [-0.1, -0.05) is 0 Å². The first kappa shape index (κ1) is 17.8. The Kier molecular flexibility index (Phi) is 7.94. The van der Waals surface area contributed by atoms with Crippen LogP contribution in [0, 0.1) is 0 Å². The number of carboxylic acids is 1. The predicted molar refractivity (Wildman–Crippen MR) is 89.7 cm³/mol. The lowest BCUT2D eigenvalue weighted by Crippen LogP contribution is -2.36. The molecule has 2 N–H and O–H groups in total. The maximum absolute atomic E-state index is 11.2. The molecule has 1 unspecified atom stereocenters. The summed E-state index contributed by atoms with van der Waals surface area (Å²) in [6, 6.07) is 3.32. The van der Waals surface area contributed by atoms with Crippen molar-refractivity contribution in [3.05, 3.63) is 26.6 Å². The summed E-state index contributed by atoms with van der Waals surface area (Å²) in [6.07, 6.45) is 2.58. The molecule has 0 aliphatic heterocycles. The van der Waals surface area contributed by atoms with Crippen LogP contribution >= 0.6 is 43.6 Å². The molecule has 1 rings (SSSR count). The van der Waals surface area contributed by atoms with E-state index in [1.807, 2.05) is 18.4 Å². The molecular weight excluding hydrogens is 410 g/mol. The van der Waals surface area contributed by atoms with Crippen molar-refractivity contribution in [2.24, 2.45) is 0 Å². The topological polar surface area (TPSA) is 58.6 Å². The highest BCUT2D eigenvalue weighted by atomic mass is 79.9. The van der Waals surface area contributed by atoms with Gasteiger partial charge in [-0.2, -0.15) is 11.8 Å². The van der Waals surface area contributed by atoms with E-state index in [-0.39, 0.29) is 0 Å². The van der Waals surface area contributed by atoms with Crippen molar-refractivity contribution in [3.63, 3.8) is 0 Å². The minimum atomic E-state index is -0.814. The lowest BCUT2D eigenvalue weighted by molar-refractivity contribution is -0.139. The molecule has 1 atom stereocenters. The zero-order valence-electron chi connectivity index (χ0n) is 11.3. The highest BCUT2D eigenvalue weighted by molar-refractivity contribution is 9.11. The first-order chi connectivity index (χ1) is 9.49. The van der Waals surface area contributed by atoms with Gasteiger partial charge in [-0.15, -0.1) is 0 Å². The quantitative estimate of drug-likeness (QED) is 0.665. The number of aliphatic carboxylic acids is 1. The van der Waals surface area contributed by atoms with Gasteiger partial charge in [0.1, 0.15) is 11.8 Å². The zero-order chi connectivity index (χ0) is 15.1. The van der Waals surface area contributed by atoms with Crippen molar-refractivity contribution >= 4 is 49.6 Å². The normalized spacial score (nSPS) is 12.2. The van der Waals surface area contributed by atoms with Crippen LogP contribution in [0.25, 0.3) is 0 Å². The van der Waals surface area contributed by atoms with Crippen molar-refractivity contribution in [1.29, 1.82) is 0 Å². The fraction of sp³-hybridized carbons (Fsp3) is 0.462. The SMILES string of the molecule is COc1c(Br)cc(CNC(CCSC)C(=O)O)cc1Br. The summed E-state index contributed by atoms with van der Waals surface area (Å²) < 4.78 is 6.91. The summed E-state index contributed by atoms with van der Waals surface area (Å²) in [4.78, 5) is 11.2. The second-order valence-corrected chi connectivity index (χ2v) is 6.84. The van der Waals surface area contributed by atoms with E-state index in [0.717, 1.165) is 26.0 Å². The monoisotopic (exact) mass is 425 g/mol. The number of halogens is 2. The number of ether oxygens (including phenoxy) is 1. The number of carbonyl (C=O) groups is 1. The Hall–Kier alpha value is -0.240. The molecular formula is C13H17Br2NO3S. The van der Waals surface area contributed by atoms with Gasteiger partial charge >= 0.3 is 5.97 Å². The molecule has 0 radical (unpaired) electrons. The van der Waals surface area contributed by atoms with Gasteiger partial charge in [0.25, 0.3) is 0 Å². The summed E-state index contributed by atoms with van der Waals surface area (Å²) in [5.41, 5.74) is 0.986. The van der Waals surface area contributed by atoms with Crippen LogP contribution < -0.4 is 10.1 Å². The smallest absolute Gasteiger partial charge is 0.320 e. The minimum absolute atomic E-state index is 0.493. The van der Waals surface area contributed by atoms with Gasteiger partial charge < -0.3 is 15.2 Å². The average Bonchev–Trinajstić information content (AvgIpc) is 2.38. The van der Waals surface area contributed by atoms with Crippen molar-refractivity contribution in [2.75, 3.05) is 19.1 Å². The minimum Gasteiger partial charge on any atom is -0.494 e. The number of hydrogen-bond donors (Lipinski definition) is 2. The van der Waals surface area contributed by atoms with Crippen LogP contribution in [-0.2, 0) is 11.3 Å². The zero-order valence-corrected chi connectivity index (χ0v) is 15.3. The molecule has 0 bridgehead atoms. The van der Waals surface area contributed by atoms with E-state index in [4.69, 9.17) is 9.84 Å². The fourth-order valence-corrected chi connectivity index (χ4v) is 3.78. The standard InChI is InChI=1S/C13H17Br2NO3S/c1-19-12-9(14)5-8(6-10(12)15)7-16-11(13(17)18)3-4-20-2/h5-6,11,16H,3-4,7H2,1-2H3,(H,17,18). The molecule has 0 amide bonds. The molecule has 20 heavy (non-hydrogen) atoms. The molecule has 4 nitrogen and oxygen atoms in total. The van der Waals surface area contributed by atoms with Crippen molar-refractivity contribution < 1.29 is 14.6 Å². The third-order valence-corrected chi connectivity index (χ3v) is 4.55. The highest BCUT2D eigenvalue weighted by Crippen LogP contribution is 2.34. The van der Waals surface area contributed by atoms with E-state index in [2.05, 4.69) is 37.2 Å². The Morgan fingerprint density at radius 1 is 1.45 bits per heavy atom. The number of hydrogen-bond acceptors (Lipinski definition) is 4. The summed E-state index contributed by atoms with van der Waals surface area (Å²) in [7, 11) is 1.60. The van der Waals surface area contributed by atoms with Gasteiger partial charge in [-0.3, -0.25) is 4.79 Å². The molecule has 7 heteroatoms. The lowest BCUT2D eigenvalue weighted by Gasteiger charge is -2.15. The number of methoxy groups -OCH3 is 1. The van der Waals surface area contributed by atoms with E-state index < -0.39 is 12.0 Å². The summed E-state index contributed by atoms with van der Waals surface area (Å²) >= 11 is 8.51. The predicted octanol–water partition coefficient (Wildman–Crippen LogP) is 3.52. The Bertz CT molecular complexity index is 448.